The molecule has 0 saturated carbocycles. The van der Waals surface area contributed by atoms with E-state index < -0.39 is 6.23 Å². The third-order valence-corrected chi connectivity index (χ3v) is 1.68. The molecule has 0 aliphatic heterocycles. The van der Waals surface area contributed by atoms with Gasteiger partial charge in [0.2, 0.25) is 5.88 Å². The van der Waals surface area contributed by atoms with Crippen molar-refractivity contribution in [1.29, 1.82) is 0 Å². The Morgan fingerprint density at radius 1 is 1.43 bits per heavy atom. The molecule has 0 N–H and O–H groups in total. The van der Waals surface area contributed by atoms with Crippen LogP contribution in [0.2, 0.25) is 0 Å². The Morgan fingerprint density at radius 3 is 2.57 bits per heavy atom. The fourth-order valence-corrected chi connectivity index (χ4v) is 0.947. The largest absolute Gasteiger partial charge is 1.00 e. The zero-order chi connectivity index (χ0) is 9.84. The number of hydrogen-bond acceptors (Lipinski definition) is 4. The molecule has 0 aromatic carbocycles. The maximum Gasteiger partial charge on any atom is 1.00 e. The molecule has 72 valence electrons. The first-order valence-corrected chi connectivity index (χ1v) is 3.98. The minimum Gasteiger partial charge on any atom is -0.836 e. The van der Waals surface area contributed by atoms with Crippen LogP contribution in [-0.2, 0) is 0 Å². The van der Waals surface area contributed by atoms with E-state index in [1.165, 1.54) is 7.11 Å². The van der Waals surface area contributed by atoms with Gasteiger partial charge in [0.25, 0.3) is 0 Å². The summed E-state index contributed by atoms with van der Waals surface area (Å²) < 4.78 is 4.92. The van der Waals surface area contributed by atoms with Gasteiger partial charge in [-0.05, 0) is 26.4 Å². The van der Waals surface area contributed by atoms with Crippen molar-refractivity contribution in [3.05, 3.63) is 23.9 Å². The molecule has 14 heavy (non-hydrogen) atoms. The quantitative estimate of drug-likeness (QED) is 0.375. The van der Waals surface area contributed by atoms with E-state index in [2.05, 4.69) is 4.98 Å². The summed E-state index contributed by atoms with van der Waals surface area (Å²) in [5.74, 6) is 0.472. The third kappa shape index (κ3) is 3.32. The molecule has 0 aliphatic carbocycles. The van der Waals surface area contributed by atoms with E-state index in [9.17, 15) is 5.11 Å². The molecule has 0 fully saturated rings. The van der Waals surface area contributed by atoms with E-state index in [0.29, 0.717) is 11.6 Å². The van der Waals surface area contributed by atoms with Crippen LogP contribution >= 0.6 is 0 Å². The molecule has 0 amide bonds. The SMILES string of the molecule is COc1cccc(C([O-])N(C)C)n1.[Li+]. The molecule has 0 saturated heterocycles. The number of methoxy groups -OCH3 is 1. The molecule has 1 rings (SSSR count). The van der Waals surface area contributed by atoms with E-state index in [4.69, 9.17) is 4.74 Å². The van der Waals surface area contributed by atoms with E-state index in [0.717, 1.165) is 0 Å². The minimum absolute atomic E-state index is 0. The summed E-state index contributed by atoms with van der Waals surface area (Å²) in [6.45, 7) is 0. The second-order valence-corrected chi connectivity index (χ2v) is 2.92. The van der Waals surface area contributed by atoms with Crippen molar-refractivity contribution in [3.8, 4) is 5.88 Å². The monoisotopic (exact) mass is 188 g/mol. The number of hydrogen-bond donors (Lipinski definition) is 0. The molecule has 0 spiro atoms. The summed E-state index contributed by atoms with van der Waals surface area (Å²) in [7, 11) is 4.97. The van der Waals surface area contributed by atoms with Crippen LogP contribution in [-0.4, -0.2) is 31.1 Å². The van der Waals surface area contributed by atoms with Crippen LogP contribution in [0.5, 0.6) is 5.88 Å². The minimum atomic E-state index is -0.935. The van der Waals surface area contributed by atoms with E-state index in [1.807, 2.05) is 0 Å². The summed E-state index contributed by atoms with van der Waals surface area (Å²) >= 11 is 0. The predicted molar refractivity (Wildman–Crippen MR) is 47.2 cm³/mol. The van der Waals surface area contributed by atoms with Crippen molar-refractivity contribution in [2.24, 2.45) is 0 Å². The Balaban J connectivity index is 0.00000169. The van der Waals surface area contributed by atoms with Gasteiger partial charge in [0, 0.05) is 11.8 Å². The molecule has 1 heterocycles. The van der Waals surface area contributed by atoms with Gasteiger partial charge in [-0.15, -0.1) is 0 Å². The molecular formula is C9H13LiN2O2. The first-order valence-electron chi connectivity index (χ1n) is 3.98. The van der Waals surface area contributed by atoms with Crippen molar-refractivity contribution in [2.45, 2.75) is 6.23 Å². The Morgan fingerprint density at radius 2 is 2.07 bits per heavy atom. The molecule has 4 nitrogen and oxygen atoms in total. The standard InChI is InChI=1S/C9H13N2O2.Li/c1-11(2)9(12)7-5-4-6-8(10-7)13-3;/h4-6,9H,1-3H3;/q-1;+1. The van der Waals surface area contributed by atoms with E-state index in [1.54, 1.807) is 37.2 Å². The van der Waals surface area contributed by atoms with Crippen molar-refractivity contribution < 1.29 is 28.7 Å². The van der Waals surface area contributed by atoms with Gasteiger partial charge < -0.3 is 14.7 Å². The number of pyridine rings is 1. The Labute approximate surface area is 96.1 Å². The van der Waals surface area contributed by atoms with Gasteiger partial charge in [-0.1, -0.05) is 6.07 Å². The molecule has 0 aliphatic rings. The maximum atomic E-state index is 11.5. The summed E-state index contributed by atoms with van der Waals surface area (Å²) in [6.07, 6.45) is -0.935. The Bertz CT molecular complexity index is 281. The van der Waals surface area contributed by atoms with Gasteiger partial charge in [0.05, 0.1) is 7.11 Å². The molecule has 5 heteroatoms. The number of nitrogens with zero attached hydrogens (tertiary/aromatic N) is 2. The smallest absolute Gasteiger partial charge is 0.836 e. The maximum absolute atomic E-state index is 11.5. The van der Waals surface area contributed by atoms with Gasteiger partial charge in [-0.3, -0.25) is 0 Å². The second-order valence-electron chi connectivity index (χ2n) is 2.92. The number of rotatable bonds is 3. The van der Waals surface area contributed by atoms with Crippen LogP contribution in [0.4, 0.5) is 0 Å². The van der Waals surface area contributed by atoms with Crippen molar-refractivity contribution in [2.75, 3.05) is 21.2 Å². The van der Waals surface area contributed by atoms with Gasteiger partial charge in [-0.25, -0.2) is 4.98 Å². The van der Waals surface area contributed by atoms with Gasteiger partial charge in [-0.2, -0.15) is 0 Å². The fourth-order valence-electron chi connectivity index (χ4n) is 0.947. The van der Waals surface area contributed by atoms with Gasteiger partial charge >= 0.3 is 18.9 Å². The molecule has 1 atom stereocenters. The summed E-state index contributed by atoms with van der Waals surface area (Å²) in [5.41, 5.74) is 0.476. The average Bonchev–Trinajstić information content (AvgIpc) is 2.16. The van der Waals surface area contributed by atoms with E-state index >= 15 is 0 Å². The van der Waals surface area contributed by atoms with Gasteiger partial charge in [0.1, 0.15) is 0 Å². The second kappa shape index (κ2) is 6.05. The molecule has 0 radical (unpaired) electrons. The Hall–Kier alpha value is -0.533. The van der Waals surface area contributed by atoms with Crippen molar-refractivity contribution >= 4 is 0 Å². The van der Waals surface area contributed by atoms with Crippen LogP contribution in [0.3, 0.4) is 0 Å². The van der Waals surface area contributed by atoms with Crippen molar-refractivity contribution in [3.63, 3.8) is 0 Å². The zero-order valence-corrected chi connectivity index (χ0v) is 9.02. The fraction of sp³-hybridized carbons (Fsp3) is 0.444. The molecule has 0 bridgehead atoms. The molecule has 1 aromatic rings. The molecule has 1 aromatic heterocycles. The topological polar surface area (TPSA) is 48.4 Å². The van der Waals surface area contributed by atoms with Crippen LogP contribution in [0.15, 0.2) is 18.2 Å². The van der Waals surface area contributed by atoms with Gasteiger partial charge in [0.15, 0.2) is 0 Å². The predicted octanol–water partition coefficient (Wildman–Crippen LogP) is -2.99. The third-order valence-electron chi connectivity index (χ3n) is 1.68. The number of ether oxygens (including phenoxy) is 1. The van der Waals surface area contributed by atoms with Crippen LogP contribution < -0.4 is 28.7 Å². The average molecular weight is 188 g/mol. The summed E-state index contributed by atoms with van der Waals surface area (Å²) in [5, 5.41) is 11.5. The summed E-state index contributed by atoms with van der Waals surface area (Å²) in [4.78, 5) is 5.59. The molecule has 1 unspecified atom stereocenters. The normalized spacial score (nSPS) is 12.1. The Kier molecular flexibility index (Phi) is 5.82. The zero-order valence-electron chi connectivity index (χ0n) is 9.02. The van der Waals surface area contributed by atoms with Crippen molar-refractivity contribution in [1.82, 2.24) is 9.88 Å². The molecular weight excluding hydrogens is 175 g/mol. The number of aromatic nitrogens is 1. The van der Waals surface area contributed by atoms with Crippen LogP contribution in [0.1, 0.15) is 11.9 Å². The summed E-state index contributed by atoms with van der Waals surface area (Å²) in [6, 6.07) is 5.17. The van der Waals surface area contributed by atoms with Crippen LogP contribution in [0, 0.1) is 0 Å². The van der Waals surface area contributed by atoms with Crippen LogP contribution in [0.25, 0.3) is 0 Å². The first kappa shape index (κ1) is 13.5. The first-order chi connectivity index (χ1) is 6.15. The van der Waals surface area contributed by atoms with E-state index in [-0.39, 0.29) is 18.9 Å².